The highest BCUT2D eigenvalue weighted by Crippen LogP contribution is 2.32. The molecule has 1 aromatic rings. The van der Waals surface area contributed by atoms with Crippen molar-refractivity contribution in [3.63, 3.8) is 0 Å². The van der Waals surface area contributed by atoms with E-state index in [0.717, 1.165) is 12.5 Å². The number of carbonyl (C=O) groups excluding carboxylic acids is 1. The lowest BCUT2D eigenvalue weighted by atomic mass is 10.0. The van der Waals surface area contributed by atoms with Crippen LogP contribution in [0.4, 0.5) is 13.2 Å². The van der Waals surface area contributed by atoms with E-state index in [1.54, 1.807) is 0 Å². The van der Waals surface area contributed by atoms with E-state index in [1.807, 2.05) is 0 Å². The predicted octanol–water partition coefficient (Wildman–Crippen LogP) is 3.10. The van der Waals surface area contributed by atoms with Crippen molar-refractivity contribution in [2.75, 3.05) is 26.2 Å². The van der Waals surface area contributed by atoms with Crippen molar-refractivity contribution in [3.8, 4) is 0 Å². The number of halogens is 4. The van der Waals surface area contributed by atoms with Gasteiger partial charge in [-0.1, -0.05) is 12.1 Å². The number of hydrogen-bond donors (Lipinski definition) is 1. The number of hydrogen-bond acceptors (Lipinski definition) is 3. The monoisotopic (exact) mass is 366 g/mol. The first-order valence-corrected chi connectivity index (χ1v) is 7.70. The molecule has 1 amide bonds. The van der Waals surface area contributed by atoms with E-state index in [4.69, 9.17) is 10.5 Å². The van der Waals surface area contributed by atoms with Crippen molar-refractivity contribution in [1.82, 2.24) is 4.90 Å². The fraction of sp³-hybridized carbons (Fsp3) is 0.562. The topological polar surface area (TPSA) is 55.6 Å². The van der Waals surface area contributed by atoms with Crippen LogP contribution in [0.5, 0.6) is 0 Å². The third-order valence-corrected chi connectivity index (χ3v) is 3.89. The van der Waals surface area contributed by atoms with Gasteiger partial charge in [0.2, 0.25) is 0 Å². The molecule has 1 aliphatic rings. The Balaban J connectivity index is 0.00000288. The molecule has 24 heavy (non-hydrogen) atoms. The lowest BCUT2D eigenvalue weighted by Gasteiger charge is -2.32. The summed E-state index contributed by atoms with van der Waals surface area (Å²) in [5.41, 5.74) is 4.22. The molecule has 2 rings (SSSR count). The normalized spacial score (nSPS) is 15.9. The van der Waals surface area contributed by atoms with Crippen LogP contribution < -0.4 is 5.73 Å². The molecule has 0 aliphatic carbocycles. The van der Waals surface area contributed by atoms with Gasteiger partial charge in [-0.2, -0.15) is 13.2 Å². The number of ether oxygens (including phenoxy) is 1. The molecular weight excluding hydrogens is 345 g/mol. The molecule has 0 aromatic heterocycles. The van der Waals surface area contributed by atoms with Crippen molar-refractivity contribution in [2.24, 2.45) is 5.73 Å². The molecule has 1 aromatic carbocycles. The Morgan fingerprint density at radius 3 is 2.46 bits per heavy atom. The average Bonchev–Trinajstić information content (AvgIpc) is 2.54. The van der Waals surface area contributed by atoms with Crippen molar-refractivity contribution >= 4 is 18.3 Å². The summed E-state index contributed by atoms with van der Waals surface area (Å²) in [6, 6.07) is 4.91. The van der Waals surface area contributed by atoms with Crippen LogP contribution in [0.15, 0.2) is 24.3 Å². The SMILES string of the molecule is Cl.NCCCOC1CCN(C(=O)c2ccccc2C(F)(F)F)CC1. The van der Waals surface area contributed by atoms with Gasteiger partial charge in [-0.3, -0.25) is 4.79 Å². The van der Waals surface area contributed by atoms with Crippen LogP contribution in [0.3, 0.4) is 0 Å². The summed E-state index contributed by atoms with van der Waals surface area (Å²) in [4.78, 5) is 13.9. The Morgan fingerprint density at radius 2 is 1.88 bits per heavy atom. The van der Waals surface area contributed by atoms with Crippen LogP contribution in [0, 0.1) is 0 Å². The fourth-order valence-electron chi connectivity index (χ4n) is 2.65. The van der Waals surface area contributed by atoms with Crippen molar-refractivity contribution in [1.29, 1.82) is 0 Å². The first-order valence-electron chi connectivity index (χ1n) is 7.70. The van der Waals surface area contributed by atoms with Crippen LogP contribution in [0.25, 0.3) is 0 Å². The van der Waals surface area contributed by atoms with Crippen LogP contribution >= 0.6 is 12.4 Å². The first-order chi connectivity index (χ1) is 10.9. The van der Waals surface area contributed by atoms with Crippen molar-refractivity contribution in [2.45, 2.75) is 31.5 Å². The molecular formula is C16H22ClF3N2O2. The third kappa shape index (κ3) is 5.36. The maximum Gasteiger partial charge on any atom is 0.417 e. The minimum atomic E-state index is -4.53. The van der Waals surface area contributed by atoms with Gasteiger partial charge in [0.05, 0.1) is 17.2 Å². The van der Waals surface area contributed by atoms with E-state index in [9.17, 15) is 18.0 Å². The van der Waals surface area contributed by atoms with Gasteiger partial charge in [-0.05, 0) is 37.9 Å². The second-order valence-electron chi connectivity index (χ2n) is 5.55. The van der Waals surface area contributed by atoms with Gasteiger partial charge in [0.25, 0.3) is 5.91 Å². The molecule has 1 aliphatic heterocycles. The zero-order valence-electron chi connectivity index (χ0n) is 13.2. The molecule has 1 fully saturated rings. The summed E-state index contributed by atoms with van der Waals surface area (Å²) in [6.07, 6.45) is -2.45. The Labute approximate surface area is 145 Å². The molecule has 136 valence electrons. The van der Waals surface area contributed by atoms with Gasteiger partial charge in [-0.15, -0.1) is 12.4 Å². The second-order valence-corrected chi connectivity index (χ2v) is 5.55. The third-order valence-electron chi connectivity index (χ3n) is 3.89. The van der Waals surface area contributed by atoms with Gasteiger partial charge in [0, 0.05) is 19.7 Å². The van der Waals surface area contributed by atoms with E-state index in [-0.39, 0.29) is 24.1 Å². The average molecular weight is 367 g/mol. The molecule has 0 radical (unpaired) electrons. The zero-order valence-corrected chi connectivity index (χ0v) is 14.0. The van der Waals surface area contributed by atoms with E-state index in [2.05, 4.69) is 0 Å². The maximum absolute atomic E-state index is 13.0. The second kappa shape index (κ2) is 9.25. The van der Waals surface area contributed by atoms with Crippen LogP contribution in [-0.4, -0.2) is 43.2 Å². The minimum Gasteiger partial charge on any atom is -0.378 e. The lowest BCUT2D eigenvalue weighted by molar-refractivity contribution is -0.138. The van der Waals surface area contributed by atoms with Gasteiger partial charge in [0.1, 0.15) is 0 Å². The predicted molar refractivity (Wildman–Crippen MR) is 87.2 cm³/mol. The number of alkyl halides is 3. The molecule has 0 saturated carbocycles. The summed E-state index contributed by atoms with van der Waals surface area (Å²) in [5, 5.41) is 0. The molecule has 8 heteroatoms. The summed E-state index contributed by atoms with van der Waals surface area (Å²) < 4.78 is 44.7. The summed E-state index contributed by atoms with van der Waals surface area (Å²) in [7, 11) is 0. The fourth-order valence-corrected chi connectivity index (χ4v) is 2.65. The number of carbonyl (C=O) groups is 1. The number of piperidine rings is 1. The van der Waals surface area contributed by atoms with E-state index in [1.165, 1.54) is 23.1 Å². The van der Waals surface area contributed by atoms with Gasteiger partial charge < -0.3 is 15.4 Å². The maximum atomic E-state index is 13.0. The molecule has 0 spiro atoms. The van der Waals surface area contributed by atoms with Crippen molar-refractivity contribution in [3.05, 3.63) is 35.4 Å². The highest BCUT2D eigenvalue weighted by atomic mass is 35.5. The standard InChI is InChI=1S/C16H21F3N2O2.ClH/c17-16(18,19)14-5-2-1-4-13(14)15(22)21-9-6-12(7-10-21)23-11-3-8-20;/h1-2,4-5,12H,3,6-11,20H2;1H. The number of nitrogens with two attached hydrogens (primary N) is 1. The Bertz CT molecular complexity index is 532. The highest BCUT2D eigenvalue weighted by molar-refractivity contribution is 5.96. The zero-order chi connectivity index (χ0) is 16.9. The van der Waals surface area contributed by atoms with Crippen molar-refractivity contribution < 1.29 is 22.7 Å². The quantitative estimate of drug-likeness (QED) is 0.815. The molecule has 4 nitrogen and oxygen atoms in total. The molecule has 1 heterocycles. The number of likely N-dealkylation sites (tertiary alicyclic amines) is 1. The van der Waals surface area contributed by atoms with Gasteiger partial charge >= 0.3 is 6.18 Å². The number of benzene rings is 1. The molecule has 0 atom stereocenters. The Kier molecular flexibility index (Phi) is 7.99. The van der Waals surface area contributed by atoms with Crippen LogP contribution in [-0.2, 0) is 10.9 Å². The van der Waals surface area contributed by atoms with Crippen LogP contribution in [0.1, 0.15) is 35.2 Å². The summed E-state index contributed by atoms with van der Waals surface area (Å²) in [6.45, 7) is 1.94. The number of rotatable bonds is 5. The number of nitrogens with zero attached hydrogens (tertiary/aromatic N) is 1. The molecule has 0 bridgehead atoms. The highest BCUT2D eigenvalue weighted by Gasteiger charge is 2.36. The molecule has 2 N–H and O–H groups in total. The minimum absolute atomic E-state index is 0. The first kappa shape index (κ1) is 20.7. The number of amides is 1. The lowest BCUT2D eigenvalue weighted by Crippen LogP contribution is -2.41. The summed E-state index contributed by atoms with van der Waals surface area (Å²) in [5.74, 6) is -0.571. The van der Waals surface area contributed by atoms with Crippen LogP contribution in [0.2, 0.25) is 0 Å². The smallest absolute Gasteiger partial charge is 0.378 e. The van der Waals surface area contributed by atoms with E-state index >= 15 is 0 Å². The molecule has 1 saturated heterocycles. The summed E-state index contributed by atoms with van der Waals surface area (Å²) >= 11 is 0. The van der Waals surface area contributed by atoms with Gasteiger partial charge in [-0.25, -0.2) is 0 Å². The van der Waals surface area contributed by atoms with E-state index in [0.29, 0.717) is 39.1 Å². The van der Waals surface area contributed by atoms with E-state index < -0.39 is 17.6 Å². The Morgan fingerprint density at radius 1 is 1.25 bits per heavy atom. The Hall–Kier alpha value is -1.31. The largest absolute Gasteiger partial charge is 0.417 e. The molecule has 0 unspecified atom stereocenters. The van der Waals surface area contributed by atoms with Gasteiger partial charge in [0.15, 0.2) is 0 Å².